The van der Waals surface area contributed by atoms with Gasteiger partial charge < -0.3 is 0 Å². The zero-order valence-electron chi connectivity index (χ0n) is 8.70. The first-order valence-electron chi connectivity index (χ1n) is 4.89. The summed E-state index contributed by atoms with van der Waals surface area (Å²) >= 11 is 0. The van der Waals surface area contributed by atoms with Gasteiger partial charge in [0.1, 0.15) is 11.6 Å². The van der Waals surface area contributed by atoms with Gasteiger partial charge in [0.15, 0.2) is 0 Å². The van der Waals surface area contributed by atoms with Crippen LogP contribution in [0.1, 0.15) is 0 Å². The number of benzene rings is 2. The summed E-state index contributed by atoms with van der Waals surface area (Å²) in [5, 5.41) is 0.189. The van der Waals surface area contributed by atoms with Gasteiger partial charge in [-0.1, -0.05) is 22.7 Å². The van der Waals surface area contributed by atoms with Crippen LogP contribution in [0.5, 0.6) is 0 Å². The highest BCUT2D eigenvalue weighted by Crippen LogP contribution is 2.18. The summed E-state index contributed by atoms with van der Waals surface area (Å²) in [6, 6.07) is 10.8. The standard InChI is InChI=1S/C12H9F3N2/c13-9-6-10(14)8-11(7-9)16-17(15)12-4-2-1-3-5-12/h1-8,16H. The molecule has 0 unspecified atom stereocenters. The van der Waals surface area contributed by atoms with Crippen molar-refractivity contribution < 1.29 is 13.3 Å². The van der Waals surface area contributed by atoms with Crippen molar-refractivity contribution >= 4 is 11.4 Å². The van der Waals surface area contributed by atoms with Gasteiger partial charge in [-0.15, -0.1) is 5.23 Å². The van der Waals surface area contributed by atoms with Crippen LogP contribution in [-0.4, -0.2) is 0 Å². The van der Waals surface area contributed by atoms with Gasteiger partial charge in [0.2, 0.25) is 0 Å². The van der Waals surface area contributed by atoms with Gasteiger partial charge in [-0.25, -0.2) is 8.78 Å². The van der Waals surface area contributed by atoms with Crippen molar-refractivity contribution in [1.29, 1.82) is 0 Å². The quantitative estimate of drug-likeness (QED) is 0.648. The molecule has 2 aromatic rings. The fourth-order valence-corrected chi connectivity index (χ4v) is 1.36. The molecule has 0 fully saturated rings. The maximum absolute atomic E-state index is 13.6. The Morgan fingerprint density at radius 3 is 2.06 bits per heavy atom. The Morgan fingerprint density at radius 2 is 1.47 bits per heavy atom. The molecule has 0 aromatic heterocycles. The minimum atomic E-state index is -0.769. The summed E-state index contributed by atoms with van der Waals surface area (Å²) in [6.07, 6.45) is 0. The Kier molecular flexibility index (Phi) is 3.18. The molecule has 0 saturated heterocycles. The van der Waals surface area contributed by atoms with Crippen molar-refractivity contribution in [1.82, 2.24) is 0 Å². The maximum atomic E-state index is 13.6. The average molecular weight is 238 g/mol. The highest BCUT2D eigenvalue weighted by atomic mass is 19.2. The molecule has 1 N–H and O–H groups in total. The van der Waals surface area contributed by atoms with E-state index in [1.807, 2.05) is 0 Å². The van der Waals surface area contributed by atoms with Crippen LogP contribution in [0.2, 0.25) is 0 Å². The summed E-state index contributed by atoms with van der Waals surface area (Å²) < 4.78 is 39.3. The van der Waals surface area contributed by atoms with Crippen molar-refractivity contribution in [2.45, 2.75) is 0 Å². The molecule has 2 nitrogen and oxygen atoms in total. The van der Waals surface area contributed by atoms with E-state index in [-0.39, 0.29) is 16.6 Å². The molecule has 0 radical (unpaired) electrons. The largest absolute Gasteiger partial charge is 0.270 e. The molecule has 0 aliphatic carbocycles. The number of hydrazine groups is 1. The molecule has 2 rings (SSSR count). The van der Waals surface area contributed by atoms with E-state index in [1.165, 1.54) is 12.1 Å². The third-order valence-corrected chi connectivity index (χ3v) is 2.07. The maximum Gasteiger partial charge on any atom is 0.128 e. The smallest absolute Gasteiger partial charge is 0.128 e. The van der Waals surface area contributed by atoms with Crippen molar-refractivity contribution in [2.75, 3.05) is 10.7 Å². The minimum Gasteiger partial charge on any atom is -0.270 e. The second-order valence-corrected chi connectivity index (χ2v) is 3.39. The molecule has 0 amide bonds. The van der Waals surface area contributed by atoms with Gasteiger partial charge in [0.05, 0.1) is 11.4 Å². The van der Waals surface area contributed by atoms with Gasteiger partial charge in [0, 0.05) is 6.07 Å². The highest BCUT2D eigenvalue weighted by Gasteiger charge is 2.06. The highest BCUT2D eigenvalue weighted by molar-refractivity contribution is 5.52. The van der Waals surface area contributed by atoms with Crippen LogP contribution >= 0.6 is 0 Å². The second kappa shape index (κ2) is 4.78. The first-order valence-corrected chi connectivity index (χ1v) is 4.89. The van der Waals surface area contributed by atoms with E-state index < -0.39 is 11.6 Å². The van der Waals surface area contributed by atoms with Crippen LogP contribution in [0, 0.1) is 11.6 Å². The summed E-state index contributed by atoms with van der Waals surface area (Å²) in [5.41, 5.74) is 2.45. The van der Waals surface area contributed by atoms with Crippen LogP contribution in [0.4, 0.5) is 24.6 Å². The lowest BCUT2D eigenvalue weighted by Gasteiger charge is -2.15. The number of rotatable bonds is 3. The lowest BCUT2D eigenvalue weighted by atomic mass is 10.3. The SMILES string of the molecule is Fc1cc(F)cc(NN(F)c2ccccc2)c1. The number of hydrogen-bond acceptors (Lipinski definition) is 2. The minimum absolute atomic E-state index is 0.00569. The Hall–Kier alpha value is -2.17. The fraction of sp³-hybridized carbons (Fsp3) is 0. The molecule has 0 heterocycles. The van der Waals surface area contributed by atoms with E-state index >= 15 is 0 Å². The molecule has 5 heteroatoms. The number of anilines is 2. The van der Waals surface area contributed by atoms with Crippen LogP contribution in [-0.2, 0) is 0 Å². The number of nitrogens with one attached hydrogen (secondary N) is 1. The first-order chi connectivity index (χ1) is 8.15. The first kappa shape index (κ1) is 11.3. The second-order valence-electron chi connectivity index (χ2n) is 3.39. The lowest BCUT2D eigenvalue weighted by molar-refractivity contribution is 0.471. The molecule has 88 valence electrons. The molecule has 0 bridgehead atoms. The summed E-state index contributed by atoms with van der Waals surface area (Å²) in [5.74, 6) is -1.54. The van der Waals surface area contributed by atoms with Crippen LogP contribution in [0.3, 0.4) is 0 Å². The van der Waals surface area contributed by atoms with Gasteiger partial charge >= 0.3 is 0 Å². The lowest BCUT2D eigenvalue weighted by Crippen LogP contribution is -2.19. The van der Waals surface area contributed by atoms with Crippen LogP contribution in [0.25, 0.3) is 0 Å². The van der Waals surface area contributed by atoms with E-state index in [0.717, 1.165) is 18.2 Å². The Balaban J connectivity index is 2.16. The summed E-state index contributed by atoms with van der Waals surface area (Å²) in [6.45, 7) is 0. The molecule has 17 heavy (non-hydrogen) atoms. The van der Waals surface area contributed by atoms with E-state index in [1.54, 1.807) is 18.2 Å². The zero-order chi connectivity index (χ0) is 12.3. The summed E-state index contributed by atoms with van der Waals surface area (Å²) in [7, 11) is 0. The predicted octanol–water partition coefficient (Wildman–Crippen LogP) is 3.68. The molecule has 2 aromatic carbocycles. The van der Waals surface area contributed by atoms with E-state index in [4.69, 9.17) is 0 Å². The Labute approximate surface area is 96.2 Å². The van der Waals surface area contributed by atoms with Crippen molar-refractivity contribution in [2.24, 2.45) is 0 Å². The molecular weight excluding hydrogens is 229 g/mol. The van der Waals surface area contributed by atoms with Crippen molar-refractivity contribution in [3.63, 3.8) is 0 Å². The number of hydrogen-bond donors (Lipinski definition) is 1. The zero-order valence-corrected chi connectivity index (χ0v) is 8.70. The number of nitrogens with zero attached hydrogens (tertiary/aromatic N) is 1. The number of para-hydroxylation sites is 1. The average Bonchev–Trinajstić information content (AvgIpc) is 2.28. The fourth-order valence-electron chi connectivity index (χ4n) is 1.36. The normalized spacial score (nSPS) is 10.1. The Bertz CT molecular complexity index is 482. The Morgan fingerprint density at radius 1 is 0.882 bits per heavy atom. The van der Waals surface area contributed by atoms with Crippen LogP contribution < -0.4 is 10.7 Å². The van der Waals surface area contributed by atoms with E-state index in [0.29, 0.717) is 0 Å². The molecular formula is C12H9F3N2. The van der Waals surface area contributed by atoms with Gasteiger partial charge in [0.25, 0.3) is 0 Å². The van der Waals surface area contributed by atoms with E-state index in [9.17, 15) is 13.3 Å². The van der Waals surface area contributed by atoms with Gasteiger partial charge in [-0.2, -0.15) is 0 Å². The van der Waals surface area contributed by atoms with Crippen molar-refractivity contribution in [3.05, 3.63) is 60.2 Å². The number of halogens is 3. The van der Waals surface area contributed by atoms with Gasteiger partial charge in [-0.3, -0.25) is 5.43 Å². The third kappa shape index (κ3) is 2.90. The molecule has 0 aliphatic rings. The molecule has 0 aliphatic heterocycles. The monoisotopic (exact) mass is 238 g/mol. The van der Waals surface area contributed by atoms with Gasteiger partial charge in [-0.05, 0) is 24.3 Å². The molecule has 0 atom stereocenters. The molecule has 0 saturated carbocycles. The summed E-state index contributed by atoms with van der Waals surface area (Å²) in [4.78, 5) is 0. The topological polar surface area (TPSA) is 15.3 Å². The molecule has 0 spiro atoms. The van der Waals surface area contributed by atoms with Crippen LogP contribution in [0.15, 0.2) is 48.5 Å². The third-order valence-electron chi connectivity index (χ3n) is 2.07. The van der Waals surface area contributed by atoms with Crippen molar-refractivity contribution in [3.8, 4) is 0 Å². The predicted molar refractivity (Wildman–Crippen MR) is 60.0 cm³/mol. The van der Waals surface area contributed by atoms with E-state index in [2.05, 4.69) is 5.43 Å².